The molecular weight excluding hydrogens is 208 g/mol. The van der Waals surface area contributed by atoms with Crippen molar-refractivity contribution in [1.82, 2.24) is 9.78 Å². The zero-order valence-electron chi connectivity index (χ0n) is 6.03. The fraction of sp³-hybridized carbons (Fsp3) is 0.571. The summed E-state index contributed by atoms with van der Waals surface area (Å²) >= 11 is 3.42. The van der Waals surface area contributed by atoms with Gasteiger partial charge in [-0.15, -0.1) is 0 Å². The zero-order chi connectivity index (χ0) is 7.68. The molecule has 4 heteroatoms. The number of hydrogen-bond acceptors (Lipinski definition) is 2. The lowest BCUT2D eigenvalue weighted by molar-refractivity contribution is 0.184. The molecule has 1 aromatic rings. The van der Waals surface area contributed by atoms with E-state index in [1.54, 1.807) is 6.20 Å². The second kappa shape index (κ2) is 2.95. The standard InChI is InChI=1S/C7H9BrN2O/c8-7-1-3-9-10(7)6-2-4-11-5-6/h1,3,6H,2,4-5H2. The quantitative estimate of drug-likeness (QED) is 0.714. The highest BCUT2D eigenvalue weighted by molar-refractivity contribution is 9.10. The SMILES string of the molecule is Brc1ccnn1C1CCOC1. The van der Waals surface area contributed by atoms with E-state index in [4.69, 9.17) is 4.74 Å². The Bertz CT molecular complexity index is 242. The van der Waals surface area contributed by atoms with Gasteiger partial charge in [0.1, 0.15) is 4.60 Å². The topological polar surface area (TPSA) is 27.1 Å². The van der Waals surface area contributed by atoms with E-state index in [1.165, 1.54) is 0 Å². The Morgan fingerprint density at radius 1 is 1.73 bits per heavy atom. The largest absolute Gasteiger partial charge is 0.379 e. The Labute approximate surface area is 73.5 Å². The second-order valence-electron chi connectivity index (χ2n) is 2.62. The summed E-state index contributed by atoms with van der Waals surface area (Å²) < 4.78 is 8.25. The molecule has 1 saturated heterocycles. The van der Waals surface area contributed by atoms with Crippen molar-refractivity contribution in [2.24, 2.45) is 0 Å². The molecule has 0 N–H and O–H groups in total. The van der Waals surface area contributed by atoms with Gasteiger partial charge in [0.05, 0.1) is 18.8 Å². The minimum Gasteiger partial charge on any atom is -0.379 e. The van der Waals surface area contributed by atoms with Gasteiger partial charge < -0.3 is 4.74 Å². The van der Waals surface area contributed by atoms with Gasteiger partial charge in [0, 0.05) is 6.61 Å². The van der Waals surface area contributed by atoms with Crippen LogP contribution in [0.25, 0.3) is 0 Å². The van der Waals surface area contributed by atoms with Gasteiger partial charge in [-0.2, -0.15) is 5.10 Å². The monoisotopic (exact) mass is 216 g/mol. The third-order valence-electron chi connectivity index (χ3n) is 1.87. The van der Waals surface area contributed by atoms with Crippen molar-refractivity contribution in [3.8, 4) is 0 Å². The average Bonchev–Trinajstić information content (AvgIpc) is 2.55. The fourth-order valence-corrected chi connectivity index (χ4v) is 1.78. The molecule has 0 aromatic carbocycles. The van der Waals surface area contributed by atoms with Crippen LogP contribution in [0.4, 0.5) is 0 Å². The van der Waals surface area contributed by atoms with Gasteiger partial charge in [-0.1, -0.05) is 0 Å². The summed E-state index contributed by atoms with van der Waals surface area (Å²) in [7, 11) is 0. The number of aromatic nitrogens is 2. The summed E-state index contributed by atoms with van der Waals surface area (Å²) in [6, 6.07) is 2.37. The number of hydrogen-bond donors (Lipinski definition) is 0. The van der Waals surface area contributed by atoms with E-state index < -0.39 is 0 Å². The van der Waals surface area contributed by atoms with Crippen LogP contribution in [0.5, 0.6) is 0 Å². The van der Waals surface area contributed by atoms with Crippen LogP contribution in [-0.2, 0) is 4.74 Å². The molecule has 1 fully saturated rings. The molecular formula is C7H9BrN2O. The van der Waals surface area contributed by atoms with E-state index in [0.29, 0.717) is 6.04 Å². The number of halogens is 1. The molecule has 1 aliphatic heterocycles. The van der Waals surface area contributed by atoms with Crippen LogP contribution in [0.15, 0.2) is 16.9 Å². The van der Waals surface area contributed by atoms with Gasteiger partial charge in [0.15, 0.2) is 0 Å². The van der Waals surface area contributed by atoms with E-state index in [9.17, 15) is 0 Å². The third-order valence-corrected chi connectivity index (χ3v) is 2.50. The highest BCUT2D eigenvalue weighted by Gasteiger charge is 2.19. The minimum absolute atomic E-state index is 0.430. The Morgan fingerprint density at radius 3 is 3.18 bits per heavy atom. The van der Waals surface area contributed by atoms with Gasteiger partial charge in [-0.3, -0.25) is 4.68 Å². The van der Waals surface area contributed by atoms with Crippen LogP contribution in [-0.4, -0.2) is 23.0 Å². The van der Waals surface area contributed by atoms with Crippen molar-refractivity contribution in [2.45, 2.75) is 12.5 Å². The first-order valence-electron chi connectivity index (χ1n) is 3.64. The van der Waals surface area contributed by atoms with E-state index in [2.05, 4.69) is 21.0 Å². The van der Waals surface area contributed by atoms with Crippen molar-refractivity contribution >= 4 is 15.9 Å². The Hall–Kier alpha value is -0.350. The molecule has 1 atom stereocenters. The molecule has 0 aliphatic carbocycles. The Kier molecular flexibility index (Phi) is 1.96. The summed E-state index contributed by atoms with van der Waals surface area (Å²) in [4.78, 5) is 0. The molecule has 1 unspecified atom stereocenters. The fourth-order valence-electron chi connectivity index (χ4n) is 1.28. The first-order chi connectivity index (χ1) is 5.38. The molecule has 0 radical (unpaired) electrons. The van der Waals surface area contributed by atoms with Crippen molar-refractivity contribution in [3.05, 3.63) is 16.9 Å². The molecule has 1 aliphatic rings. The van der Waals surface area contributed by atoms with Crippen molar-refractivity contribution < 1.29 is 4.74 Å². The average molecular weight is 217 g/mol. The second-order valence-corrected chi connectivity index (χ2v) is 3.43. The molecule has 60 valence electrons. The summed E-state index contributed by atoms with van der Waals surface area (Å²) in [6.45, 7) is 1.65. The van der Waals surface area contributed by atoms with Gasteiger partial charge in [-0.25, -0.2) is 0 Å². The van der Waals surface area contributed by atoms with E-state index in [0.717, 1.165) is 24.2 Å². The molecule has 2 rings (SSSR count). The highest BCUT2D eigenvalue weighted by atomic mass is 79.9. The summed E-state index contributed by atoms with van der Waals surface area (Å²) in [5.41, 5.74) is 0. The maximum Gasteiger partial charge on any atom is 0.104 e. The van der Waals surface area contributed by atoms with E-state index in [1.807, 2.05) is 10.7 Å². The van der Waals surface area contributed by atoms with E-state index >= 15 is 0 Å². The van der Waals surface area contributed by atoms with Crippen molar-refractivity contribution in [1.29, 1.82) is 0 Å². The summed E-state index contributed by atoms with van der Waals surface area (Å²) in [5, 5.41) is 4.19. The molecule has 0 saturated carbocycles. The number of nitrogens with zero attached hydrogens (tertiary/aromatic N) is 2. The molecule has 11 heavy (non-hydrogen) atoms. The molecule has 0 bridgehead atoms. The Balaban J connectivity index is 2.21. The lowest BCUT2D eigenvalue weighted by atomic mass is 10.3. The van der Waals surface area contributed by atoms with Gasteiger partial charge in [-0.05, 0) is 28.4 Å². The predicted molar refractivity (Wildman–Crippen MR) is 44.4 cm³/mol. The Morgan fingerprint density at radius 2 is 2.64 bits per heavy atom. The first kappa shape index (κ1) is 7.31. The normalized spacial score (nSPS) is 24.3. The van der Waals surface area contributed by atoms with Crippen LogP contribution in [0.2, 0.25) is 0 Å². The van der Waals surface area contributed by atoms with Gasteiger partial charge >= 0.3 is 0 Å². The maximum absolute atomic E-state index is 5.25. The van der Waals surface area contributed by atoms with Crippen molar-refractivity contribution in [2.75, 3.05) is 13.2 Å². The molecule has 0 spiro atoms. The van der Waals surface area contributed by atoms with Crippen LogP contribution >= 0.6 is 15.9 Å². The third kappa shape index (κ3) is 1.32. The van der Waals surface area contributed by atoms with Crippen LogP contribution in [0.1, 0.15) is 12.5 Å². The maximum atomic E-state index is 5.25. The molecule has 2 heterocycles. The van der Waals surface area contributed by atoms with Crippen molar-refractivity contribution in [3.63, 3.8) is 0 Å². The van der Waals surface area contributed by atoms with Gasteiger partial charge in [0.2, 0.25) is 0 Å². The van der Waals surface area contributed by atoms with Crippen LogP contribution in [0, 0.1) is 0 Å². The summed E-state index contributed by atoms with van der Waals surface area (Å²) in [5.74, 6) is 0. The molecule has 3 nitrogen and oxygen atoms in total. The van der Waals surface area contributed by atoms with Crippen LogP contribution < -0.4 is 0 Å². The zero-order valence-corrected chi connectivity index (χ0v) is 7.62. The smallest absolute Gasteiger partial charge is 0.104 e. The van der Waals surface area contributed by atoms with E-state index in [-0.39, 0.29) is 0 Å². The lowest BCUT2D eigenvalue weighted by Gasteiger charge is -2.08. The summed E-state index contributed by atoms with van der Waals surface area (Å²) in [6.07, 6.45) is 2.86. The predicted octanol–water partition coefficient (Wildman–Crippen LogP) is 1.61. The number of rotatable bonds is 1. The van der Waals surface area contributed by atoms with Gasteiger partial charge in [0.25, 0.3) is 0 Å². The molecule has 0 amide bonds. The van der Waals surface area contributed by atoms with Crippen LogP contribution in [0.3, 0.4) is 0 Å². The minimum atomic E-state index is 0.430. The lowest BCUT2D eigenvalue weighted by Crippen LogP contribution is -2.09. The molecule has 1 aromatic heterocycles. The number of ether oxygens (including phenoxy) is 1. The first-order valence-corrected chi connectivity index (χ1v) is 4.44. The highest BCUT2D eigenvalue weighted by Crippen LogP contribution is 2.22.